The Balaban J connectivity index is 0.00000144. The fraction of sp³-hybridized carbons (Fsp3) is 0.333. The summed E-state index contributed by atoms with van der Waals surface area (Å²) in [6, 6.07) is 14.0. The van der Waals surface area contributed by atoms with Crippen molar-refractivity contribution in [1.29, 1.82) is 0 Å². The third kappa shape index (κ3) is 4.26. The van der Waals surface area contributed by atoms with Crippen molar-refractivity contribution >= 4 is 30.7 Å². The molecule has 1 fully saturated rings. The molecule has 1 amide bonds. The van der Waals surface area contributed by atoms with Crippen LogP contribution in [-0.2, 0) is 4.79 Å². The number of rotatable bonds is 3. The van der Waals surface area contributed by atoms with E-state index in [0.717, 1.165) is 5.56 Å². The Morgan fingerprint density at radius 3 is 2.50 bits per heavy atom. The molecule has 2 heterocycles. The van der Waals surface area contributed by atoms with Crippen LogP contribution in [0, 0.1) is 0 Å². The van der Waals surface area contributed by atoms with Gasteiger partial charge < -0.3 is 10.6 Å². The number of carbonyl (C=O) groups excluding carboxylic acids is 1. The molecule has 1 aromatic heterocycles. The van der Waals surface area contributed by atoms with Crippen LogP contribution in [0.25, 0.3) is 0 Å². The van der Waals surface area contributed by atoms with Gasteiger partial charge in [0, 0.05) is 37.4 Å². The number of hydrogen-bond acceptors (Lipinski definition) is 3. The highest BCUT2D eigenvalue weighted by Gasteiger charge is 2.35. The lowest BCUT2D eigenvalue weighted by atomic mass is 9.95. The molecule has 1 aliphatic rings. The molecule has 0 spiro atoms. The number of halogens is 2. The number of nitrogens with zero attached hydrogens (tertiary/aromatic N) is 2. The van der Waals surface area contributed by atoms with Crippen molar-refractivity contribution in [3.8, 4) is 0 Å². The van der Waals surface area contributed by atoms with Crippen molar-refractivity contribution < 1.29 is 4.79 Å². The van der Waals surface area contributed by atoms with Gasteiger partial charge in [-0.05, 0) is 24.1 Å². The van der Waals surface area contributed by atoms with Gasteiger partial charge in [0.2, 0.25) is 5.91 Å². The first-order valence-corrected chi connectivity index (χ1v) is 7.66. The molecule has 0 radical (unpaired) electrons. The molecule has 1 unspecified atom stereocenters. The predicted octanol–water partition coefficient (Wildman–Crippen LogP) is 2.98. The summed E-state index contributed by atoms with van der Waals surface area (Å²) in [5.41, 5.74) is 8.43. The highest BCUT2D eigenvalue weighted by Crippen LogP contribution is 2.28. The molecule has 0 bridgehead atoms. The van der Waals surface area contributed by atoms with Gasteiger partial charge in [-0.3, -0.25) is 9.78 Å². The Morgan fingerprint density at radius 2 is 1.88 bits per heavy atom. The quantitative estimate of drug-likeness (QED) is 0.906. The molecular formula is C18H23Cl2N3O. The van der Waals surface area contributed by atoms with Crippen LogP contribution in [0.2, 0.25) is 0 Å². The van der Waals surface area contributed by atoms with Gasteiger partial charge in [-0.25, -0.2) is 0 Å². The highest BCUT2D eigenvalue weighted by atomic mass is 35.5. The number of aromatic nitrogens is 1. The summed E-state index contributed by atoms with van der Waals surface area (Å²) in [4.78, 5) is 18.7. The van der Waals surface area contributed by atoms with Crippen molar-refractivity contribution in [2.45, 2.75) is 24.8 Å². The predicted molar refractivity (Wildman–Crippen MR) is 101 cm³/mol. The van der Waals surface area contributed by atoms with Crippen LogP contribution >= 0.6 is 24.8 Å². The molecule has 6 heteroatoms. The number of nitrogens with two attached hydrogens (primary N) is 1. The van der Waals surface area contributed by atoms with Crippen LogP contribution in [0.3, 0.4) is 0 Å². The van der Waals surface area contributed by atoms with E-state index in [2.05, 4.69) is 17.1 Å². The average molecular weight is 368 g/mol. The highest BCUT2D eigenvalue weighted by molar-refractivity contribution is 5.85. The molecule has 0 aliphatic carbocycles. The fourth-order valence-electron chi connectivity index (χ4n) is 3.11. The van der Waals surface area contributed by atoms with E-state index in [-0.39, 0.29) is 48.6 Å². The normalized spacial score (nSPS) is 20.7. The van der Waals surface area contributed by atoms with Gasteiger partial charge in [0.25, 0.3) is 0 Å². The maximum absolute atomic E-state index is 12.7. The second-order valence-corrected chi connectivity index (χ2v) is 5.93. The number of benzene rings is 1. The van der Waals surface area contributed by atoms with Crippen LogP contribution in [-0.4, -0.2) is 34.9 Å². The van der Waals surface area contributed by atoms with Crippen LogP contribution in [0.5, 0.6) is 0 Å². The SMILES string of the molecule is CC(C(=O)N1C[C@@H](N)[C@H](c2ccccc2)C1)c1cccnc1.Cl.Cl. The Morgan fingerprint density at radius 1 is 1.17 bits per heavy atom. The zero-order chi connectivity index (χ0) is 15.5. The Kier molecular flexibility index (Phi) is 7.67. The van der Waals surface area contributed by atoms with Gasteiger partial charge in [-0.2, -0.15) is 0 Å². The lowest BCUT2D eigenvalue weighted by molar-refractivity contribution is -0.131. The molecule has 2 aromatic rings. The van der Waals surface area contributed by atoms with E-state index in [1.54, 1.807) is 12.4 Å². The molecule has 2 N–H and O–H groups in total. The van der Waals surface area contributed by atoms with E-state index in [1.807, 2.05) is 42.2 Å². The van der Waals surface area contributed by atoms with Gasteiger partial charge in [-0.1, -0.05) is 36.4 Å². The number of pyridine rings is 1. The van der Waals surface area contributed by atoms with Gasteiger partial charge in [0.1, 0.15) is 0 Å². The van der Waals surface area contributed by atoms with E-state index < -0.39 is 0 Å². The molecule has 3 atom stereocenters. The molecule has 1 aromatic carbocycles. The van der Waals surface area contributed by atoms with E-state index in [1.165, 1.54) is 5.56 Å². The molecule has 1 aliphatic heterocycles. The summed E-state index contributed by atoms with van der Waals surface area (Å²) in [6.45, 7) is 3.23. The summed E-state index contributed by atoms with van der Waals surface area (Å²) in [7, 11) is 0. The first-order chi connectivity index (χ1) is 10.7. The largest absolute Gasteiger partial charge is 0.340 e. The molecule has 0 saturated carbocycles. The zero-order valence-electron chi connectivity index (χ0n) is 13.5. The van der Waals surface area contributed by atoms with Crippen LogP contribution in [0.15, 0.2) is 54.9 Å². The third-order valence-corrected chi connectivity index (χ3v) is 4.46. The second-order valence-electron chi connectivity index (χ2n) is 5.93. The first kappa shape index (κ1) is 20.4. The van der Waals surface area contributed by atoms with Crippen molar-refractivity contribution in [3.63, 3.8) is 0 Å². The van der Waals surface area contributed by atoms with Gasteiger partial charge in [-0.15, -0.1) is 24.8 Å². The maximum Gasteiger partial charge on any atom is 0.229 e. The molecule has 3 rings (SSSR count). The lowest BCUT2D eigenvalue weighted by Crippen LogP contribution is -2.34. The van der Waals surface area contributed by atoms with E-state index in [4.69, 9.17) is 5.73 Å². The van der Waals surface area contributed by atoms with E-state index >= 15 is 0 Å². The minimum atomic E-state index is -0.185. The summed E-state index contributed by atoms with van der Waals surface area (Å²) >= 11 is 0. The molecule has 24 heavy (non-hydrogen) atoms. The van der Waals surface area contributed by atoms with Crippen molar-refractivity contribution in [3.05, 3.63) is 66.0 Å². The molecule has 4 nitrogen and oxygen atoms in total. The number of amides is 1. The monoisotopic (exact) mass is 367 g/mol. The standard InChI is InChI=1S/C18H21N3O.2ClH/c1-13(15-8-5-9-20-10-15)18(22)21-11-16(17(19)12-21)14-6-3-2-4-7-14;;/h2-10,13,16-17H,11-12,19H2,1H3;2*1H/t13?,16-,17+;;/m0../s1. The Hall–Kier alpha value is -1.62. The number of hydrogen-bond donors (Lipinski definition) is 1. The van der Waals surface area contributed by atoms with Crippen molar-refractivity contribution in [1.82, 2.24) is 9.88 Å². The minimum Gasteiger partial charge on any atom is -0.340 e. The topological polar surface area (TPSA) is 59.2 Å². The summed E-state index contributed by atoms with van der Waals surface area (Å²) in [5.74, 6) is 0.156. The van der Waals surface area contributed by atoms with Gasteiger partial charge in [0.05, 0.1) is 5.92 Å². The van der Waals surface area contributed by atoms with Gasteiger partial charge >= 0.3 is 0 Å². The summed E-state index contributed by atoms with van der Waals surface area (Å²) < 4.78 is 0. The summed E-state index contributed by atoms with van der Waals surface area (Å²) in [5, 5.41) is 0. The summed E-state index contributed by atoms with van der Waals surface area (Å²) in [6.07, 6.45) is 3.48. The van der Waals surface area contributed by atoms with Crippen LogP contribution in [0.4, 0.5) is 0 Å². The lowest BCUT2D eigenvalue weighted by Gasteiger charge is -2.21. The molecule has 1 saturated heterocycles. The number of likely N-dealkylation sites (tertiary alicyclic amines) is 1. The molecular weight excluding hydrogens is 345 g/mol. The number of carbonyl (C=O) groups is 1. The van der Waals surface area contributed by atoms with Crippen molar-refractivity contribution in [2.24, 2.45) is 5.73 Å². The Bertz CT molecular complexity index is 639. The Labute approximate surface area is 155 Å². The van der Waals surface area contributed by atoms with E-state index in [9.17, 15) is 4.79 Å². The first-order valence-electron chi connectivity index (χ1n) is 7.66. The second kappa shape index (κ2) is 9.02. The smallest absolute Gasteiger partial charge is 0.229 e. The van der Waals surface area contributed by atoms with Crippen LogP contribution in [0.1, 0.15) is 29.9 Å². The van der Waals surface area contributed by atoms with Crippen molar-refractivity contribution in [2.75, 3.05) is 13.1 Å². The minimum absolute atomic E-state index is 0. The van der Waals surface area contributed by atoms with E-state index in [0.29, 0.717) is 13.1 Å². The fourth-order valence-corrected chi connectivity index (χ4v) is 3.11. The van der Waals surface area contributed by atoms with Gasteiger partial charge in [0.15, 0.2) is 0 Å². The third-order valence-electron chi connectivity index (χ3n) is 4.46. The zero-order valence-corrected chi connectivity index (χ0v) is 15.2. The maximum atomic E-state index is 12.7. The van der Waals surface area contributed by atoms with Crippen LogP contribution < -0.4 is 5.73 Å². The average Bonchev–Trinajstić information content (AvgIpc) is 2.97. The molecule has 130 valence electrons.